The molecular weight excluding hydrogens is 428 g/mol. The average Bonchev–Trinajstić information content (AvgIpc) is 3.29. The molecule has 0 unspecified atom stereocenters. The Morgan fingerprint density at radius 1 is 0.933 bits per heavy atom. The zero-order valence-electron chi connectivity index (χ0n) is 16.6. The standard InChI is InChI=1S/C20H24N2O6S2/c1-21(14-16-15-27-19-6-2-3-7-20(19)28-16)29(23,24)17-8-10-18(11-9-17)30(25,26)22-12-4-5-13-22/h2-3,6-11,16H,4-5,12-15H2,1H3/t16-/m1/s1. The highest BCUT2D eigenvalue weighted by atomic mass is 32.2. The molecule has 0 amide bonds. The fourth-order valence-corrected chi connectivity index (χ4v) is 6.30. The van der Waals surface area contributed by atoms with E-state index in [1.54, 1.807) is 12.1 Å². The van der Waals surface area contributed by atoms with Gasteiger partial charge in [-0.1, -0.05) is 12.1 Å². The van der Waals surface area contributed by atoms with E-state index in [2.05, 4.69) is 0 Å². The topological polar surface area (TPSA) is 93.2 Å². The van der Waals surface area contributed by atoms with Gasteiger partial charge < -0.3 is 9.47 Å². The molecule has 2 heterocycles. The molecule has 0 spiro atoms. The number of rotatable bonds is 6. The predicted molar refractivity (Wildman–Crippen MR) is 111 cm³/mol. The number of likely N-dealkylation sites (N-methyl/N-ethyl adjacent to an activating group) is 1. The third-order valence-electron chi connectivity index (χ3n) is 5.26. The summed E-state index contributed by atoms with van der Waals surface area (Å²) in [6.45, 7) is 1.34. The van der Waals surface area contributed by atoms with Crippen molar-refractivity contribution in [3.8, 4) is 11.5 Å². The zero-order valence-corrected chi connectivity index (χ0v) is 18.2. The molecule has 1 fully saturated rings. The van der Waals surface area contributed by atoms with Gasteiger partial charge in [-0.2, -0.15) is 8.61 Å². The Bertz CT molecular complexity index is 1110. The Morgan fingerprint density at radius 3 is 2.20 bits per heavy atom. The molecule has 4 rings (SSSR count). The van der Waals surface area contributed by atoms with Crippen molar-refractivity contribution in [1.29, 1.82) is 0 Å². The van der Waals surface area contributed by atoms with E-state index >= 15 is 0 Å². The number of fused-ring (bicyclic) bond motifs is 1. The summed E-state index contributed by atoms with van der Waals surface area (Å²) in [5, 5.41) is 0. The largest absolute Gasteiger partial charge is 0.486 e. The molecule has 2 aromatic carbocycles. The lowest BCUT2D eigenvalue weighted by molar-refractivity contribution is 0.0798. The first-order valence-corrected chi connectivity index (χ1v) is 12.6. The fraction of sp³-hybridized carbons (Fsp3) is 0.400. The van der Waals surface area contributed by atoms with E-state index in [-0.39, 0.29) is 22.9 Å². The number of ether oxygens (including phenoxy) is 2. The average molecular weight is 453 g/mol. The lowest BCUT2D eigenvalue weighted by atomic mass is 10.2. The van der Waals surface area contributed by atoms with Crippen LogP contribution in [0, 0.1) is 0 Å². The Morgan fingerprint density at radius 2 is 1.53 bits per heavy atom. The first-order valence-electron chi connectivity index (χ1n) is 9.73. The minimum atomic E-state index is -3.81. The monoisotopic (exact) mass is 452 g/mol. The van der Waals surface area contributed by atoms with Crippen molar-refractivity contribution in [3.05, 3.63) is 48.5 Å². The van der Waals surface area contributed by atoms with Gasteiger partial charge >= 0.3 is 0 Å². The van der Waals surface area contributed by atoms with Crippen molar-refractivity contribution in [3.63, 3.8) is 0 Å². The fourth-order valence-electron chi connectivity index (χ4n) is 3.58. The molecule has 1 atom stereocenters. The Hall–Kier alpha value is -2.14. The summed E-state index contributed by atoms with van der Waals surface area (Å²) in [6.07, 6.45) is 1.23. The van der Waals surface area contributed by atoms with Crippen molar-refractivity contribution in [2.24, 2.45) is 0 Å². The summed E-state index contributed by atoms with van der Waals surface area (Å²) >= 11 is 0. The van der Waals surface area contributed by atoms with E-state index in [0.717, 1.165) is 12.8 Å². The van der Waals surface area contributed by atoms with Gasteiger partial charge in [0.1, 0.15) is 12.7 Å². The number of nitrogens with zero attached hydrogens (tertiary/aromatic N) is 2. The SMILES string of the molecule is CN(C[C@@H]1COc2ccccc2O1)S(=O)(=O)c1ccc(S(=O)(=O)N2CCCC2)cc1. The van der Waals surface area contributed by atoms with Crippen LogP contribution < -0.4 is 9.47 Å². The van der Waals surface area contributed by atoms with Crippen LogP contribution in [0.4, 0.5) is 0 Å². The van der Waals surface area contributed by atoms with Gasteiger partial charge in [-0.3, -0.25) is 0 Å². The van der Waals surface area contributed by atoms with E-state index in [4.69, 9.17) is 9.47 Å². The van der Waals surface area contributed by atoms with Gasteiger partial charge in [0.05, 0.1) is 16.3 Å². The van der Waals surface area contributed by atoms with E-state index in [1.165, 1.54) is 39.9 Å². The van der Waals surface area contributed by atoms with Crippen molar-refractivity contribution < 1.29 is 26.3 Å². The molecule has 0 N–H and O–H groups in total. The predicted octanol–water partition coefficient (Wildman–Crippen LogP) is 1.93. The number of para-hydroxylation sites is 2. The molecule has 2 aromatic rings. The van der Waals surface area contributed by atoms with Gasteiger partial charge in [-0.25, -0.2) is 16.8 Å². The molecule has 0 aromatic heterocycles. The molecule has 30 heavy (non-hydrogen) atoms. The Kier molecular flexibility index (Phi) is 5.75. The number of hydrogen-bond acceptors (Lipinski definition) is 6. The lowest BCUT2D eigenvalue weighted by Crippen LogP contribution is -2.41. The summed E-state index contributed by atoms with van der Waals surface area (Å²) < 4.78 is 65.2. The third-order valence-corrected chi connectivity index (χ3v) is 9.01. The van der Waals surface area contributed by atoms with Crippen LogP contribution in [0.2, 0.25) is 0 Å². The molecule has 0 radical (unpaired) electrons. The molecule has 1 saturated heterocycles. The van der Waals surface area contributed by atoms with Crippen molar-refractivity contribution in [2.45, 2.75) is 28.7 Å². The maximum absolute atomic E-state index is 12.9. The molecule has 0 saturated carbocycles. The smallest absolute Gasteiger partial charge is 0.243 e. The minimum absolute atomic E-state index is 0.0301. The van der Waals surface area contributed by atoms with E-state index < -0.39 is 26.2 Å². The second kappa shape index (κ2) is 8.18. The van der Waals surface area contributed by atoms with Crippen LogP contribution in [-0.4, -0.2) is 64.8 Å². The van der Waals surface area contributed by atoms with Crippen LogP contribution in [0.3, 0.4) is 0 Å². The second-order valence-electron chi connectivity index (χ2n) is 7.37. The van der Waals surface area contributed by atoms with Gasteiger partial charge in [0.2, 0.25) is 20.0 Å². The highest BCUT2D eigenvalue weighted by Crippen LogP contribution is 2.31. The van der Waals surface area contributed by atoms with Crippen molar-refractivity contribution in [2.75, 3.05) is 33.3 Å². The van der Waals surface area contributed by atoms with E-state index in [0.29, 0.717) is 24.6 Å². The first kappa shape index (κ1) is 21.1. The van der Waals surface area contributed by atoms with Crippen LogP contribution in [0.1, 0.15) is 12.8 Å². The normalized spacial score (nSPS) is 19.9. The number of benzene rings is 2. The third kappa shape index (κ3) is 4.04. The molecular formula is C20H24N2O6S2. The molecule has 0 aliphatic carbocycles. The van der Waals surface area contributed by atoms with Gasteiger partial charge in [-0.15, -0.1) is 0 Å². The van der Waals surface area contributed by atoms with Crippen molar-refractivity contribution in [1.82, 2.24) is 8.61 Å². The lowest BCUT2D eigenvalue weighted by Gasteiger charge is -2.29. The maximum atomic E-state index is 12.9. The summed E-state index contributed by atoms with van der Waals surface area (Å²) in [6, 6.07) is 12.6. The van der Waals surface area contributed by atoms with Gasteiger partial charge in [0.15, 0.2) is 11.5 Å². The van der Waals surface area contributed by atoms with E-state index in [9.17, 15) is 16.8 Å². The minimum Gasteiger partial charge on any atom is -0.486 e. The van der Waals surface area contributed by atoms with Crippen LogP contribution in [0.15, 0.2) is 58.3 Å². The number of sulfonamides is 2. The van der Waals surface area contributed by atoms with Crippen molar-refractivity contribution >= 4 is 20.0 Å². The zero-order chi connectivity index (χ0) is 21.4. The summed E-state index contributed by atoms with van der Waals surface area (Å²) in [4.78, 5) is 0.133. The highest BCUT2D eigenvalue weighted by Gasteiger charge is 2.30. The van der Waals surface area contributed by atoms with Gasteiger partial charge in [-0.05, 0) is 49.2 Å². The Labute approximate surface area is 177 Å². The van der Waals surface area contributed by atoms with Crippen LogP contribution in [0.5, 0.6) is 11.5 Å². The first-order chi connectivity index (χ1) is 14.3. The summed E-state index contributed by atoms with van der Waals surface area (Å²) in [5.74, 6) is 1.21. The molecule has 10 heteroatoms. The second-order valence-corrected chi connectivity index (χ2v) is 11.3. The van der Waals surface area contributed by atoms with Crippen LogP contribution in [-0.2, 0) is 20.0 Å². The Balaban J connectivity index is 1.46. The van der Waals surface area contributed by atoms with Crippen LogP contribution in [0.25, 0.3) is 0 Å². The van der Waals surface area contributed by atoms with E-state index in [1.807, 2.05) is 12.1 Å². The molecule has 162 valence electrons. The molecule has 8 nitrogen and oxygen atoms in total. The summed E-state index contributed by atoms with van der Waals surface area (Å²) in [7, 11) is -5.93. The van der Waals surface area contributed by atoms with Gasteiger partial charge in [0.25, 0.3) is 0 Å². The molecule has 2 aliphatic rings. The maximum Gasteiger partial charge on any atom is 0.243 e. The number of hydrogen-bond donors (Lipinski definition) is 0. The summed E-state index contributed by atoms with van der Waals surface area (Å²) in [5.41, 5.74) is 0. The molecule has 0 bridgehead atoms. The highest BCUT2D eigenvalue weighted by molar-refractivity contribution is 7.89. The molecule has 2 aliphatic heterocycles. The van der Waals surface area contributed by atoms with Crippen LogP contribution >= 0.6 is 0 Å². The van der Waals surface area contributed by atoms with Gasteiger partial charge in [0, 0.05) is 20.1 Å². The quantitative estimate of drug-likeness (QED) is 0.665.